The minimum absolute atomic E-state index is 0.00122. The number of fused-ring (bicyclic) bond motifs is 1. The molecule has 0 aliphatic rings. The number of nitrogens with zero attached hydrogens (tertiary/aromatic N) is 1. The molecule has 8 heteroatoms. The molecular weight excluding hydrogens is 340 g/mol. The number of benzene rings is 3. The summed E-state index contributed by atoms with van der Waals surface area (Å²) in [5.74, 6) is -0.887. The number of nitro groups is 1. The molecule has 1 amide bonds. The van der Waals surface area contributed by atoms with E-state index in [0.717, 1.165) is 12.1 Å². The number of carbonyl (C=O) groups is 2. The van der Waals surface area contributed by atoms with Gasteiger partial charge in [-0.05, 0) is 24.3 Å². The van der Waals surface area contributed by atoms with E-state index in [-0.39, 0.29) is 17.0 Å². The molecule has 26 heavy (non-hydrogen) atoms. The molecular formula is C18H12N2O6. The highest BCUT2D eigenvalue weighted by molar-refractivity contribution is 6.05. The largest absolute Gasteiger partial charge is 0.507 e. The van der Waals surface area contributed by atoms with Gasteiger partial charge in [0.2, 0.25) is 0 Å². The van der Waals surface area contributed by atoms with Gasteiger partial charge in [0.15, 0.2) is 0 Å². The van der Waals surface area contributed by atoms with Crippen LogP contribution in [0, 0.1) is 10.1 Å². The number of phenolic OH excluding ortho intramolecular Hbond substituents is 1. The van der Waals surface area contributed by atoms with E-state index in [1.165, 1.54) is 18.2 Å². The normalized spacial score (nSPS) is 10.3. The fourth-order valence-electron chi connectivity index (χ4n) is 2.40. The molecule has 130 valence electrons. The lowest BCUT2D eigenvalue weighted by molar-refractivity contribution is -0.384. The molecule has 3 rings (SSSR count). The van der Waals surface area contributed by atoms with Gasteiger partial charge in [-0.15, -0.1) is 0 Å². The molecule has 0 unspecified atom stereocenters. The van der Waals surface area contributed by atoms with Crippen LogP contribution in [0.5, 0.6) is 5.75 Å². The maximum Gasteiger partial charge on any atom is 0.419 e. The van der Waals surface area contributed by atoms with Crippen molar-refractivity contribution in [2.75, 3.05) is 5.32 Å². The third-order valence-corrected chi connectivity index (χ3v) is 3.64. The van der Waals surface area contributed by atoms with Gasteiger partial charge < -0.3 is 9.84 Å². The Morgan fingerprint density at radius 1 is 0.962 bits per heavy atom. The maximum absolute atomic E-state index is 12.0. The Hall–Kier alpha value is -3.94. The van der Waals surface area contributed by atoms with E-state index in [2.05, 4.69) is 5.32 Å². The lowest BCUT2D eigenvalue weighted by atomic mass is 10.1. The predicted molar refractivity (Wildman–Crippen MR) is 93.1 cm³/mol. The smallest absolute Gasteiger partial charge is 0.419 e. The van der Waals surface area contributed by atoms with E-state index in [0.29, 0.717) is 16.5 Å². The van der Waals surface area contributed by atoms with Crippen LogP contribution < -0.4 is 5.32 Å². The van der Waals surface area contributed by atoms with Crippen LogP contribution in [-0.2, 0) is 4.74 Å². The van der Waals surface area contributed by atoms with Gasteiger partial charge >= 0.3 is 12.1 Å². The topological polar surface area (TPSA) is 119 Å². The Morgan fingerprint density at radius 3 is 2.31 bits per heavy atom. The number of carbonyl (C=O) groups excluding carboxylic acids is 2. The number of hydrogen-bond acceptors (Lipinski definition) is 6. The van der Waals surface area contributed by atoms with Crippen molar-refractivity contribution in [3.05, 3.63) is 76.3 Å². The summed E-state index contributed by atoms with van der Waals surface area (Å²) in [4.78, 5) is 33.9. The number of non-ortho nitro benzene ring substituents is 1. The van der Waals surface area contributed by atoms with Gasteiger partial charge in [-0.1, -0.05) is 24.3 Å². The molecule has 8 nitrogen and oxygen atoms in total. The van der Waals surface area contributed by atoms with Crippen LogP contribution in [0.2, 0.25) is 0 Å². The number of anilines is 1. The highest BCUT2D eigenvalue weighted by atomic mass is 16.6. The van der Waals surface area contributed by atoms with E-state index in [1.807, 2.05) is 0 Å². The first-order valence-corrected chi connectivity index (χ1v) is 7.44. The molecule has 0 saturated carbocycles. The van der Waals surface area contributed by atoms with E-state index in [4.69, 9.17) is 4.74 Å². The van der Waals surface area contributed by atoms with Crippen molar-refractivity contribution in [3.63, 3.8) is 0 Å². The summed E-state index contributed by atoms with van der Waals surface area (Å²) in [5, 5.41) is 24.0. The average molecular weight is 352 g/mol. The summed E-state index contributed by atoms with van der Waals surface area (Å²) in [6, 6.07) is 14.4. The van der Waals surface area contributed by atoms with Gasteiger partial charge in [0.25, 0.3) is 5.69 Å². The summed E-state index contributed by atoms with van der Waals surface area (Å²) in [6.45, 7) is 0. The standard InChI is InChI=1S/C18H12N2O6/c21-16-6-2-3-13-14(16)4-1-5-15(13)19-18(23)26-17(22)11-7-9-12(10-8-11)20(24)25/h1-10,21H,(H,19,23). The van der Waals surface area contributed by atoms with Crippen molar-refractivity contribution >= 4 is 34.2 Å². The van der Waals surface area contributed by atoms with Gasteiger partial charge in [0.1, 0.15) is 5.75 Å². The summed E-state index contributed by atoms with van der Waals surface area (Å²) in [7, 11) is 0. The molecule has 0 atom stereocenters. The number of aromatic hydroxyl groups is 1. The molecule has 0 aliphatic carbocycles. The highest BCUT2D eigenvalue weighted by Gasteiger charge is 2.16. The third kappa shape index (κ3) is 3.44. The molecule has 3 aromatic rings. The molecule has 0 bridgehead atoms. The van der Waals surface area contributed by atoms with E-state index >= 15 is 0 Å². The number of nitro benzene ring substituents is 1. The summed E-state index contributed by atoms with van der Waals surface area (Å²) >= 11 is 0. The number of hydrogen-bond donors (Lipinski definition) is 2. The van der Waals surface area contributed by atoms with Crippen molar-refractivity contribution in [2.24, 2.45) is 0 Å². The molecule has 3 aromatic carbocycles. The number of amides is 1. The zero-order valence-corrected chi connectivity index (χ0v) is 13.2. The Labute approximate surface area is 146 Å². The lowest BCUT2D eigenvalue weighted by Gasteiger charge is -2.09. The van der Waals surface area contributed by atoms with E-state index in [1.54, 1.807) is 30.3 Å². The molecule has 2 N–H and O–H groups in total. The Balaban J connectivity index is 1.74. The Kier molecular flexibility index (Phi) is 4.48. The van der Waals surface area contributed by atoms with Crippen molar-refractivity contribution in [1.29, 1.82) is 0 Å². The van der Waals surface area contributed by atoms with Gasteiger partial charge in [-0.3, -0.25) is 15.4 Å². The molecule has 0 heterocycles. The van der Waals surface area contributed by atoms with Crippen LogP contribution in [0.4, 0.5) is 16.2 Å². The van der Waals surface area contributed by atoms with Crippen molar-refractivity contribution in [3.8, 4) is 5.75 Å². The molecule has 0 saturated heterocycles. The minimum atomic E-state index is -1.01. The van der Waals surface area contributed by atoms with Crippen LogP contribution in [0.25, 0.3) is 10.8 Å². The first kappa shape index (κ1) is 16.9. The average Bonchev–Trinajstić information content (AvgIpc) is 2.62. The fraction of sp³-hybridized carbons (Fsp3) is 0. The van der Waals surface area contributed by atoms with Crippen molar-refractivity contribution < 1.29 is 24.4 Å². The fourth-order valence-corrected chi connectivity index (χ4v) is 2.40. The SMILES string of the molecule is O=C(Nc1cccc2c(O)cccc12)OC(=O)c1ccc([N+](=O)[O-])cc1. The predicted octanol–water partition coefficient (Wildman–Crippen LogP) is 3.84. The van der Waals surface area contributed by atoms with E-state index in [9.17, 15) is 24.8 Å². The van der Waals surface area contributed by atoms with Gasteiger partial charge in [0, 0.05) is 22.9 Å². The van der Waals surface area contributed by atoms with Gasteiger partial charge in [-0.2, -0.15) is 0 Å². The number of ether oxygens (including phenoxy) is 1. The Morgan fingerprint density at radius 2 is 1.62 bits per heavy atom. The third-order valence-electron chi connectivity index (χ3n) is 3.64. The van der Waals surface area contributed by atoms with Gasteiger partial charge in [-0.25, -0.2) is 9.59 Å². The summed E-state index contributed by atoms with van der Waals surface area (Å²) < 4.78 is 4.70. The van der Waals surface area contributed by atoms with E-state index < -0.39 is 17.0 Å². The van der Waals surface area contributed by atoms with Crippen molar-refractivity contribution in [2.45, 2.75) is 0 Å². The second-order valence-corrected chi connectivity index (χ2v) is 5.28. The number of rotatable bonds is 3. The van der Waals surface area contributed by atoms with Crippen LogP contribution in [0.15, 0.2) is 60.7 Å². The first-order valence-electron chi connectivity index (χ1n) is 7.44. The zero-order valence-electron chi connectivity index (χ0n) is 13.2. The highest BCUT2D eigenvalue weighted by Crippen LogP contribution is 2.29. The molecule has 0 aliphatic heterocycles. The number of phenols is 1. The monoisotopic (exact) mass is 352 g/mol. The molecule has 0 radical (unpaired) electrons. The minimum Gasteiger partial charge on any atom is -0.507 e. The Bertz CT molecular complexity index is 1010. The number of nitrogens with one attached hydrogen (secondary N) is 1. The summed E-state index contributed by atoms with van der Waals surface area (Å²) in [6.07, 6.45) is -1.01. The van der Waals surface area contributed by atoms with Crippen LogP contribution in [-0.4, -0.2) is 22.1 Å². The number of esters is 1. The van der Waals surface area contributed by atoms with Crippen LogP contribution >= 0.6 is 0 Å². The second kappa shape index (κ2) is 6.89. The van der Waals surface area contributed by atoms with Crippen LogP contribution in [0.1, 0.15) is 10.4 Å². The summed E-state index contributed by atoms with van der Waals surface area (Å²) in [5.41, 5.74) is 0.183. The molecule has 0 spiro atoms. The molecule has 0 fully saturated rings. The second-order valence-electron chi connectivity index (χ2n) is 5.28. The maximum atomic E-state index is 12.0. The van der Waals surface area contributed by atoms with Crippen LogP contribution in [0.3, 0.4) is 0 Å². The first-order chi connectivity index (χ1) is 12.5. The lowest BCUT2D eigenvalue weighted by Crippen LogP contribution is -2.18. The van der Waals surface area contributed by atoms with Gasteiger partial charge in [0.05, 0.1) is 16.2 Å². The zero-order chi connectivity index (χ0) is 18.7. The molecule has 0 aromatic heterocycles. The quantitative estimate of drug-likeness (QED) is 0.320. The van der Waals surface area contributed by atoms with Crippen molar-refractivity contribution in [1.82, 2.24) is 0 Å².